The van der Waals surface area contributed by atoms with Crippen molar-refractivity contribution in [2.45, 2.75) is 52.4 Å². The standard InChI is InChI=1S/C106H78BN3S/c1-105(2,3)74-61-85(67-33-12-7-13-34-67)103(86(62-74)68-35-14-8-15-36-68)109-93-58-56-72(77-50-32-54-98-101(77)84-49-28-31-53-97(84)111-98)59-90(93)107-89-57-55-73(100-82-47-24-22-45-80(82)99(71-41-20-11-21-42-71)81-46-23-25-48-83(81)100)60-94(89)110(96-66-76(65-95(109)102(96)107)108-91-51-29-26-43-78(91)79-44-27-30-52-92(79)108)104-87(69-37-16-9-17-38-69)63-75(106(4,5)6)64-88(104)70-39-18-10-19-40-70/h7-66H,1-6H3. The molecule has 4 heterocycles. The van der Waals surface area contributed by atoms with Crippen LogP contribution < -0.4 is 26.2 Å². The van der Waals surface area contributed by atoms with E-state index < -0.39 is 0 Å². The van der Waals surface area contributed by atoms with E-state index >= 15 is 0 Å². The molecular formula is C106H78BN3S. The Morgan fingerprint density at radius 1 is 0.261 bits per heavy atom. The maximum absolute atomic E-state index is 2.76. The molecular weight excluding hydrogens is 1360 g/mol. The van der Waals surface area contributed by atoms with E-state index in [-0.39, 0.29) is 17.5 Å². The fourth-order valence-electron chi connectivity index (χ4n) is 18.5. The maximum atomic E-state index is 2.76. The van der Waals surface area contributed by atoms with Gasteiger partial charge in [-0.2, -0.15) is 0 Å². The molecule has 3 nitrogen and oxygen atoms in total. The van der Waals surface area contributed by atoms with Crippen LogP contribution in [-0.4, -0.2) is 11.3 Å². The Morgan fingerprint density at radius 2 is 0.649 bits per heavy atom. The molecule has 5 heteroatoms. The molecule has 19 aromatic rings. The molecule has 2 aliphatic heterocycles. The summed E-state index contributed by atoms with van der Waals surface area (Å²) in [7, 11) is 0. The van der Waals surface area contributed by atoms with E-state index in [1.165, 1.54) is 108 Å². The molecule has 111 heavy (non-hydrogen) atoms. The number of thiophene rings is 1. The topological polar surface area (TPSA) is 11.4 Å². The number of para-hydroxylation sites is 2. The van der Waals surface area contributed by atoms with Crippen LogP contribution in [0.2, 0.25) is 0 Å². The lowest BCUT2D eigenvalue weighted by Gasteiger charge is -2.46. The van der Waals surface area contributed by atoms with Crippen molar-refractivity contribution in [1.29, 1.82) is 0 Å². The van der Waals surface area contributed by atoms with Gasteiger partial charge in [-0.1, -0.05) is 333 Å². The van der Waals surface area contributed by atoms with E-state index in [1.54, 1.807) is 0 Å². The van der Waals surface area contributed by atoms with E-state index in [2.05, 4.69) is 420 Å². The van der Waals surface area contributed by atoms with Crippen LogP contribution in [0.15, 0.2) is 364 Å². The highest BCUT2D eigenvalue weighted by Crippen LogP contribution is 2.57. The molecule has 0 amide bonds. The molecule has 17 aromatic carbocycles. The fraction of sp³-hybridized carbons (Fsp3) is 0.0755. The van der Waals surface area contributed by atoms with Crippen LogP contribution in [0.25, 0.3) is 147 Å². The van der Waals surface area contributed by atoms with Crippen molar-refractivity contribution in [2.24, 2.45) is 0 Å². The number of fused-ring (bicyclic) bond motifs is 12. The molecule has 0 N–H and O–H groups in total. The third-order valence-electron chi connectivity index (χ3n) is 23.6. The SMILES string of the molecule is CC(C)(C)c1cc(-c2ccccc2)c(N2c3ccc(-c4cccc5sc6ccccc6c45)cc3B3c4ccc(-c5c6ccccc6c(-c6ccccc6)c6ccccc56)cc4N(c4c(-c5ccccc5)cc(C(C)(C)C)cc4-c4ccccc4)c4cc(-n5c6ccccc6c6ccccc65)cc2c43)c(-c2ccccc2)c1. The largest absolute Gasteiger partial charge is 0.310 e. The zero-order chi connectivity index (χ0) is 74.4. The summed E-state index contributed by atoms with van der Waals surface area (Å²) >= 11 is 1.88. The Bertz CT molecular complexity index is 6730. The summed E-state index contributed by atoms with van der Waals surface area (Å²) in [5.41, 5.74) is 32.2. The van der Waals surface area contributed by atoms with Crippen molar-refractivity contribution >= 4 is 132 Å². The predicted molar refractivity (Wildman–Crippen MR) is 478 cm³/mol. The van der Waals surface area contributed by atoms with Gasteiger partial charge in [0.25, 0.3) is 6.71 Å². The van der Waals surface area contributed by atoms with Gasteiger partial charge in [-0.3, -0.25) is 0 Å². The number of hydrogen-bond acceptors (Lipinski definition) is 3. The Hall–Kier alpha value is -13.1. The quantitative estimate of drug-likeness (QED) is 0.0999. The highest BCUT2D eigenvalue weighted by Gasteiger charge is 2.47. The van der Waals surface area contributed by atoms with Gasteiger partial charge in [0, 0.05) is 75.9 Å². The second-order valence-electron chi connectivity index (χ2n) is 32.2. The van der Waals surface area contributed by atoms with E-state index in [0.717, 1.165) is 101 Å². The van der Waals surface area contributed by atoms with E-state index in [0.29, 0.717) is 0 Å². The third-order valence-corrected chi connectivity index (χ3v) is 24.8. The van der Waals surface area contributed by atoms with E-state index in [1.807, 2.05) is 11.3 Å². The minimum atomic E-state index is -0.315. The molecule has 0 fully saturated rings. The van der Waals surface area contributed by atoms with Crippen LogP contribution in [0, 0.1) is 0 Å². The molecule has 0 spiro atoms. The van der Waals surface area contributed by atoms with Crippen LogP contribution in [0.3, 0.4) is 0 Å². The normalized spacial score (nSPS) is 12.7. The Labute approximate surface area is 653 Å². The lowest BCUT2D eigenvalue weighted by atomic mass is 9.33. The summed E-state index contributed by atoms with van der Waals surface area (Å²) < 4.78 is 5.13. The number of rotatable bonds is 10. The zero-order valence-corrected chi connectivity index (χ0v) is 63.8. The van der Waals surface area contributed by atoms with Crippen molar-refractivity contribution in [1.82, 2.24) is 4.57 Å². The van der Waals surface area contributed by atoms with Crippen LogP contribution >= 0.6 is 11.3 Å². The molecule has 0 saturated carbocycles. The van der Waals surface area contributed by atoms with Crippen molar-refractivity contribution in [3.05, 3.63) is 375 Å². The summed E-state index contributed by atoms with van der Waals surface area (Å²) in [6.45, 7) is 13.9. The van der Waals surface area contributed by atoms with Gasteiger partial charge in [0.1, 0.15) is 0 Å². The van der Waals surface area contributed by atoms with E-state index in [9.17, 15) is 0 Å². The van der Waals surface area contributed by atoms with Gasteiger partial charge >= 0.3 is 0 Å². The van der Waals surface area contributed by atoms with Gasteiger partial charge in [-0.05, 0) is 188 Å². The van der Waals surface area contributed by atoms with E-state index in [4.69, 9.17) is 0 Å². The molecule has 0 unspecified atom stereocenters. The summed E-state index contributed by atoms with van der Waals surface area (Å²) in [6, 6.07) is 139. The minimum Gasteiger partial charge on any atom is -0.310 e. The summed E-state index contributed by atoms with van der Waals surface area (Å²) in [5.74, 6) is 0. The Kier molecular flexibility index (Phi) is 15.4. The minimum absolute atomic E-state index is 0.213. The molecule has 0 saturated heterocycles. The van der Waals surface area contributed by atoms with Crippen molar-refractivity contribution < 1.29 is 0 Å². The van der Waals surface area contributed by atoms with Crippen molar-refractivity contribution in [2.75, 3.05) is 9.80 Å². The average Bonchev–Trinajstić information content (AvgIpc) is 1.28. The maximum Gasteiger partial charge on any atom is 0.252 e. The van der Waals surface area contributed by atoms with Gasteiger partial charge in [-0.25, -0.2) is 0 Å². The Morgan fingerprint density at radius 3 is 1.12 bits per heavy atom. The lowest BCUT2D eigenvalue weighted by Crippen LogP contribution is -2.61. The number of benzene rings is 17. The fourth-order valence-corrected chi connectivity index (χ4v) is 19.6. The molecule has 526 valence electrons. The number of nitrogens with zero attached hydrogens (tertiary/aromatic N) is 3. The lowest BCUT2D eigenvalue weighted by molar-refractivity contribution is 0.590. The highest BCUT2D eigenvalue weighted by molar-refractivity contribution is 7.26. The first-order valence-electron chi connectivity index (χ1n) is 38.9. The zero-order valence-electron chi connectivity index (χ0n) is 63.0. The third kappa shape index (κ3) is 10.7. The molecule has 21 rings (SSSR count). The number of hydrogen-bond donors (Lipinski definition) is 0. The Balaban J connectivity index is 0.979. The number of anilines is 6. The first-order chi connectivity index (χ1) is 54.4. The monoisotopic (exact) mass is 1440 g/mol. The molecule has 0 bridgehead atoms. The van der Waals surface area contributed by atoms with Crippen LogP contribution in [0.4, 0.5) is 34.1 Å². The second-order valence-corrected chi connectivity index (χ2v) is 33.3. The first-order valence-corrected chi connectivity index (χ1v) is 39.7. The smallest absolute Gasteiger partial charge is 0.252 e. The van der Waals surface area contributed by atoms with Crippen LogP contribution in [-0.2, 0) is 10.8 Å². The van der Waals surface area contributed by atoms with Crippen molar-refractivity contribution in [3.8, 4) is 83.6 Å². The predicted octanol–water partition coefficient (Wildman–Crippen LogP) is 27.8. The van der Waals surface area contributed by atoms with Crippen LogP contribution in [0.1, 0.15) is 52.7 Å². The summed E-state index contributed by atoms with van der Waals surface area (Å²) in [6.07, 6.45) is 0. The molecule has 2 aliphatic rings. The van der Waals surface area contributed by atoms with Gasteiger partial charge < -0.3 is 14.4 Å². The van der Waals surface area contributed by atoms with Gasteiger partial charge in [-0.15, -0.1) is 11.3 Å². The van der Waals surface area contributed by atoms with Gasteiger partial charge in [0.2, 0.25) is 0 Å². The molecule has 2 aromatic heterocycles. The van der Waals surface area contributed by atoms with Crippen molar-refractivity contribution in [3.63, 3.8) is 0 Å². The second kappa shape index (κ2) is 25.8. The number of aromatic nitrogens is 1. The highest BCUT2D eigenvalue weighted by atomic mass is 32.1. The summed E-state index contributed by atoms with van der Waals surface area (Å²) in [4.78, 5) is 5.49. The van der Waals surface area contributed by atoms with Crippen LogP contribution in [0.5, 0.6) is 0 Å². The molecule has 0 radical (unpaired) electrons. The van der Waals surface area contributed by atoms with Gasteiger partial charge in [0.15, 0.2) is 0 Å². The molecule has 0 atom stereocenters. The molecule has 0 aliphatic carbocycles. The average molecular weight is 1440 g/mol. The van der Waals surface area contributed by atoms with Gasteiger partial charge in [0.05, 0.1) is 28.1 Å². The summed E-state index contributed by atoms with van der Waals surface area (Å²) in [5, 5.41) is 9.82. The first kappa shape index (κ1) is 66.2.